The molecule has 0 amide bonds. The molecule has 1 N–H and O–H groups in total. The fourth-order valence-electron chi connectivity index (χ4n) is 2.63. The fourth-order valence-corrected chi connectivity index (χ4v) is 2.63. The first kappa shape index (κ1) is 12.5. The first-order valence-corrected chi connectivity index (χ1v) is 5.57. The second-order valence-electron chi connectivity index (χ2n) is 4.29. The summed E-state index contributed by atoms with van der Waals surface area (Å²) in [4.78, 5) is 13.5. The third-order valence-corrected chi connectivity index (χ3v) is 3.46. The molecule has 1 rings (SSSR count). The summed E-state index contributed by atoms with van der Waals surface area (Å²) in [5.41, 5.74) is -0.655. The maximum atomic E-state index is 11.4. The molecular formula is C11H21NO3. The zero-order valence-corrected chi connectivity index (χ0v) is 9.82. The zero-order valence-electron chi connectivity index (χ0n) is 9.82. The van der Waals surface area contributed by atoms with Crippen LogP contribution >= 0.6 is 0 Å². The topological polar surface area (TPSA) is 49.8 Å². The smallest absolute Gasteiger partial charge is 0.324 e. The van der Waals surface area contributed by atoms with E-state index in [0.29, 0.717) is 13.0 Å². The number of carboxylic acids is 1. The predicted molar refractivity (Wildman–Crippen MR) is 57.9 cm³/mol. The van der Waals surface area contributed by atoms with Crippen molar-refractivity contribution in [1.29, 1.82) is 0 Å². The van der Waals surface area contributed by atoms with E-state index >= 15 is 0 Å². The van der Waals surface area contributed by atoms with Gasteiger partial charge in [0.05, 0.1) is 6.61 Å². The number of aliphatic carboxylic acids is 1. The Kier molecular flexibility index (Phi) is 4.11. The van der Waals surface area contributed by atoms with Crippen LogP contribution in [-0.4, -0.2) is 47.8 Å². The van der Waals surface area contributed by atoms with Gasteiger partial charge in [-0.2, -0.15) is 0 Å². The van der Waals surface area contributed by atoms with Gasteiger partial charge in [0, 0.05) is 13.2 Å². The maximum absolute atomic E-state index is 11.4. The quantitative estimate of drug-likeness (QED) is 0.752. The van der Waals surface area contributed by atoms with E-state index in [-0.39, 0.29) is 6.04 Å². The number of nitrogens with zero attached hydrogens (tertiary/aromatic N) is 1. The first-order chi connectivity index (χ1) is 7.08. The van der Waals surface area contributed by atoms with Crippen molar-refractivity contribution in [2.45, 2.75) is 44.7 Å². The van der Waals surface area contributed by atoms with E-state index in [1.165, 1.54) is 0 Å². The fraction of sp³-hybridized carbons (Fsp3) is 0.909. The highest BCUT2D eigenvalue weighted by Gasteiger charge is 2.47. The second kappa shape index (κ2) is 4.94. The van der Waals surface area contributed by atoms with E-state index in [2.05, 4.69) is 4.90 Å². The first-order valence-electron chi connectivity index (χ1n) is 5.57. The molecule has 1 heterocycles. The van der Waals surface area contributed by atoms with Gasteiger partial charge in [-0.3, -0.25) is 9.69 Å². The highest BCUT2D eigenvalue weighted by molar-refractivity contribution is 5.79. The molecule has 4 nitrogen and oxygen atoms in total. The average molecular weight is 215 g/mol. The Morgan fingerprint density at radius 2 is 2.33 bits per heavy atom. The highest BCUT2D eigenvalue weighted by atomic mass is 16.5. The van der Waals surface area contributed by atoms with Crippen LogP contribution in [0.4, 0.5) is 0 Å². The standard InChI is InChI=1S/C11H21NO3/c1-4-11(10(13)14)6-5-7-12(11)9(2)8-15-3/h9H,4-8H2,1-3H3,(H,13,14). The van der Waals surface area contributed by atoms with Crippen molar-refractivity contribution in [2.24, 2.45) is 0 Å². The molecule has 15 heavy (non-hydrogen) atoms. The van der Waals surface area contributed by atoms with Crippen molar-refractivity contribution >= 4 is 5.97 Å². The van der Waals surface area contributed by atoms with E-state index in [9.17, 15) is 9.90 Å². The summed E-state index contributed by atoms with van der Waals surface area (Å²) in [5.74, 6) is -0.689. The number of carbonyl (C=O) groups is 1. The summed E-state index contributed by atoms with van der Waals surface area (Å²) in [5, 5.41) is 9.37. The van der Waals surface area contributed by atoms with Crippen LogP contribution in [0.15, 0.2) is 0 Å². The third-order valence-electron chi connectivity index (χ3n) is 3.46. The monoisotopic (exact) mass is 215 g/mol. The van der Waals surface area contributed by atoms with Gasteiger partial charge in [0.15, 0.2) is 0 Å². The van der Waals surface area contributed by atoms with E-state index in [4.69, 9.17) is 4.74 Å². The number of hydrogen-bond donors (Lipinski definition) is 1. The van der Waals surface area contributed by atoms with Crippen LogP contribution < -0.4 is 0 Å². The summed E-state index contributed by atoms with van der Waals surface area (Å²) in [6.07, 6.45) is 2.39. The molecule has 2 atom stereocenters. The lowest BCUT2D eigenvalue weighted by Crippen LogP contribution is -2.54. The summed E-state index contributed by atoms with van der Waals surface area (Å²) in [6, 6.07) is 0.175. The minimum atomic E-state index is -0.689. The van der Waals surface area contributed by atoms with Crippen LogP contribution in [0.2, 0.25) is 0 Å². The van der Waals surface area contributed by atoms with Gasteiger partial charge < -0.3 is 9.84 Å². The van der Waals surface area contributed by atoms with Crippen molar-refractivity contribution in [1.82, 2.24) is 4.90 Å². The lowest BCUT2D eigenvalue weighted by molar-refractivity contribution is -0.152. The van der Waals surface area contributed by atoms with Crippen LogP contribution in [0.5, 0.6) is 0 Å². The van der Waals surface area contributed by atoms with Gasteiger partial charge in [0.1, 0.15) is 5.54 Å². The SMILES string of the molecule is CCC1(C(=O)O)CCCN1C(C)COC. The Hall–Kier alpha value is -0.610. The lowest BCUT2D eigenvalue weighted by Gasteiger charge is -2.37. The van der Waals surface area contributed by atoms with Crippen molar-refractivity contribution in [3.8, 4) is 0 Å². The molecule has 0 bridgehead atoms. The van der Waals surface area contributed by atoms with E-state index in [0.717, 1.165) is 19.4 Å². The summed E-state index contributed by atoms with van der Waals surface area (Å²) >= 11 is 0. The molecule has 0 aromatic rings. The van der Waals surface area contributed by atoms with Gasteiger partial charge >= 0.3 is 5.97 Å². The van der Waals surface area contributed by atoms with Crippen LogP contribution in [0.1, 0.15) is 33.1 Å². The molecule has 0 saturated carbocycles. The number of likely N-dealkylation sites (tertiary alicyclic amines) is 1. The molecule has 0 aliphatic carbocycles. The Bertz CT molecular complexity index is 232. The third kappa shape index (κ3) is 2.16. The number of carboxylic acid groups (broad SMARTS) is 1. The minimum absolute atomic E-state index is 0.175. The summed E-state index contributed by atoms with van der Waals surface area (Å²) in [6.45, 7) is 5.44. The van der Waals surface area contributed by atoms with Crippen molar-refractivity contribution in [3.05, 3.63) is 0 Å². The van der Waals surface area contributed by atoms with Crippen LogP contribution in [0, 0.1) is 0 Å². The Labute approximate surface area is 91.2 Å². The largest absolute Gasteiger partial charge is 0.480 e. The van der Waals surface area contributed by atoms with Gasteiger partial charge in [-0.25, -0.2) is 0 Å². The van der Waals surface area contributed by atoms with Crippen LogP contribution in [-0.2, 0) is 9.53 Å². The lowest BCUT2D eigenvalue weighted by atomic mass is 9.92. The highest BCUT2D eigenvalue weighted by Crippen LogP contribution is 2.34. The molecule has 0 spiro atoms. The van der Waals surface area contributed by atoms with Gasteiger partial charge in [0.25, 0.3) is 0 Å². The summed E-state index contributed by atoms with van der Waals surface area (Å²) < 4.78 is 5.10. The van der Waals surface area contributed by atoms with E-state index in [1.807, 2.05) is 13.8 Å². The van der Waals surface area contributed by atoms with Crippen LogP contribution in [0.25, 0.3) is 0 Å². The Morgan fingerprint density at radius 1 is 1.67 bits per heavy atom. The number of hydrogen-bond acceptors (Lipinski definition) is 3. The van der Waals surface area contributed by atoms with Gasteiger partial charge in [-0.1, -0.05) is 6.92 Å². The number of methoxy groups -OCH3 is 1. The van der Waals surface area contributed by atoms with Gasteiger partial charge in [-0.15, -0.1) is 0 Å². The van der Waals surface area contributed by atoms with Crippen molar-refractivity contribution < 1.29 is 14.6 Å². The molecule has 0 radical (unpaired) electrons. The molecule has 2 unspecified atom stereocenters. The van der Waals surface area contributed by atoms with E-state index < -0.39 is 11.5 Å². The maximum Gasteiger partial charge on any atom is 0.324 e. The van der Waals surface area contributed by atoms with Crippen molar-refractivity contribution in [2.75, 3.05) is 20.3 Å². The number of rotatable bonds is 5. The molecule has 4 heteroatoms. The normalized spacial score (nSPS) is 29.3. The summed E-state index contributed by atoms with van der Waals surface area (Å²) in [7, 11) is 1.65. The Balaban J connectivity index is 2.82. The average Bonchev–Trinajstić information content (AvgIpc) is 2.62. The molecule has 0 aromatic carbocycles. The second-order valence-corrected chi connectivity index (χ2v) is 4.29. The Morgan fingerprint density at radius 3 is 2.80 bits per heavy atom. The zero-order chi connectivity index (χ0) is 11.5. The molecule has 1 aliphatic rings. The molecule has 1 saturated heterocycles. The molecular weight excluding hydrogens is 194 g/mol. The molecule has 88 valence electrons. The molecule has 1 fully saturated rings. The van der Waals surface area contributed by atoms with Gasteiger partial charge in [-0.05, 0) is 32.7 Å². The van der Waals surface area contributed by atoms with Crippen LogP contribution in [0.3, 0.4) is 0 Å². The van der Waals surface area contributed by atoms with Gasteiger partial charge in [0.2, 0.25) is 0 Å². The predicted octanol–water partition coefficient (Wildman–Crippen LogP) is 1.35. The minimum Gasteiger partial charge on any atom is -0.480 e. The molecule has 1 aliphatic heterocycles. The number of ether oxygens (including phenoxy) is 1. The molecule has 0 aromatic heterocycles. The van der Waals surface area contributed by atoms with Crippen molar-refractivity contribution in [3.63, 3.8) is 0 Å². The van der Waals surface area contributed by atoms with E-state index in [1.54, 1.807) is 7.11 Å².